The summed E-state index contributed by atoms with van der Waals surface area (Å²) in [7, 11) is 0. The molecule has 1 aromatic carbocycles. The number of rotatable bonds is 3. The number of benzene rings is 1. The molecule has 0 saturated carbocycles. The number of fused-ring (bicyclic) bond motifs is 1. The number of H-pyrrole nitrogens is 1. The van der Waals surface area contributed by atoms with Crippen LogP contribution >= 0.6 is 0 Å². The number of pyridine rings is 1. The van der Waals surface area contributed by atoms with Gasteiger partial charge in [-0.2, -0.15) is 4.40 Å². The highest BCUT2D eigenvalue weighted by Crippen LogP contribution is 2.22. The minimum atomic E-state index is -0.141. The number of aromatic amines is 1. The largest absolute Gasteiger partial charge is 0.303 e. The SMILES string of the molecule is CC(C)(C)c1ccc(C(=O)Nc2c[n+]3cc(-n4ccnc4)ccc3[nH]2)cc1. The van der Waals surface area contributed by atoms with E-state index in [4.69, 9.17) is 0 Å². The van der Waals surface area contributed by atoms with Crippen molar-refractivity contribution >= 4 is 17.4 Å². The normalized spacial score (nSPS) is 11.7. The lowest BCUT2D eigenvalue weighted by atomic mass is 9.87. The Labute approximate surface area is 157 Å². The smallest absolute Gasteiger partial charge is 0.285 e. The summed E-state index contributed by atoms with van der Waals surface area (Å²) in [5.74, 6) is 0.500. The molecule has 0 atom stereocenters. The summed E-state index contributed by atoms with van der Waals surface area (Å²) in [6.07, 6.45) is 9.21. The quantitative estimate of drug-likeness (QED) is 0.549. The molecule has 0 aliphatic rings. The molecule has 3 heterocycles. The number of carbonyl (C=O) groups excluding carboxylic acids is 1. The second-order valence-corrected chi connectivity index (χ2v) is 7.60. The standard InChI is InChI=1S/C21H21N5O/c1-21(2,3)16-6-4-15(5-7-16)20(27)24-18-13-26-12-17(8-9-19(26)23-18)25-11-10-22-14-25/h4-14H,1-3H3,(H,24,27)/p+1. The zero-order valence-electron chi connectivity index (χ0n) is 15.6. The summed E-state index contributed by atoms with van der Waals surface area (Å²) < 4.78 is 3.86. The Morgan fingerprint density at radius 3 is 2.56 bits per heavy atom. The van der Waals surface area contributed by atoms with Gasteiger partial charge in [0, 0.05) is 24.0 Å². The highest BCUT2D eigenvalue weighted by atomic mass is 16.1. The minimum Gasteiger partial charge on any atom is -0.303 e. The van der Waals surface area contributed by atoms with Crippen LogP contribution in [0.25, 0.3) is 11.3 Å². The van der Waals surface area contributed by atoms with E-state index < -0.39 is 0 Å². The van der Waals surface area contributed by atoms with Crippen LogP contribution < -0.4 is 9.72 Å². The molecule has 136 valence electrons. The molecule has 6 nitrogen and oxygen atoms in total. The zero-order valence-corrected chi connectivity index (χ0v) is 15.6. The Morgan fingerprint density at radius 1 is 1.11 bits per heavy atom. The molecule has 0 radical (unpaired) electrons. The van der Waals surface area contributed by atoms with E-state index in [2.05, 4.69) is 36.1 Å². The molecule has 4 rings (SSSR count). The van der Waals surface area contributed by atoms with Crippen LogP contribution in [0.3, 0.4) is 0 Å². The monoisotopic (exact) mass is 360 g/mol. The van der Waals surface area contributed by atoms with Gasteiger partial charge in [0.25, 0.3) is 11.6 Å². The third-order valence-corrected chi connectivity index (χ3v) is 4.56. The molecule has 0 unspecified atom stereocenters. The second-order valence-electron chi connectivity index (χ2n) is 7.60. The first-order chi connectivity index (χ1) is 12.9. The third-order valence-electron chi connectivity index (χ3n) is 4.56. The van der Waals surface area contributed by atoms with Gasteiger partial charge in [-0.1, -0.05) is 32.9 Å². The topological polar surface area (TPSA) is 66.8 Å². The predicted octanol–water partition coefficient (Wildman–Crippen LogP) is 3.49. The van der Waals surface area contributed by atoms with E-state index in [1.165, 1.54) is 5.56 Å². The number of nitrogens with zero attached hydrogens (tertiary/aromatic N) is 3. The highest BCUT2D eigenvalue weighted by Gasteiger charge is 2.16. The number of hydrogen-bond donors (Lipinski definition) is 2. The molecule has 0 bridgehead atoms. The van der Waals surface area contributed by atoms with Crippen LogP contribution in [0.4, 0.5) is 5.82 Å². The lowest BCUT2D eigenvalue weighted by Gasteiger charge is -2.18. The van der Waals surface area contributed by atoms with Crippen LogP contribution in [0.15, 0.2) is 67.5 Å². The van der Waals surface area contributed by atoms with E-state index in [1.54, 1.807) is 12.5 Å². The average molecular weight is 360 g/mol. The summed E-state index contributed by atoms with van der Waals surface area (Å²) in [5.41, 5.74) is 3.77. The fraction of sp³-hybridized carbons (Fsp3) is 0.190. The van der Waals surface area contributed by atoms with Gasteiger partial charge in [0.1, 0.15) is 6.20 Å². The summed E-state index contributed by atoms with van der Waals surface area (Å²) in [5, 5.41) is 2.93. The molecule has 0 aliphatic heterocycles. The van der Waals surface area contributed by atoms with Gasteiger partial charge in [0.15, 0.2) is 6.20 Å². The fourth-order valence-electron chi connectivity index (χ4n) is 2.97. The number of carbonyl (C=O) groups is 1. The molecule has 0 spiro atoms. The maximum absolute atomic E-state index is 12.6. The highest BCUT2D eigenvalue weighted by molar-refractivity contribution is 6.03. The van der Waals surface area contributed by atoms with Gasteiger partial charge < -0.3 is 4.57 Å². The van der Waals surface area contributed by atoms with Crippen molar-refractivity contribution in [1.82, 2.24) is 14.5 Å². The van der Waals surface area contributed by atoms with Gasteiger partial charge in [0.05, 0.1) is 12.0 Å². The molecule has 2 N–H and O–H groups in total. The summed E-state index contributed by atoms with van der Waals surface area (Å²) >= 11 is 0. The van der Waals surface area contributed by atoms with Crippen molar-refractivity contribution < 1.29 is 9.20 Å². The van der Waals surface area contributed by atoms with Crippen LogP contribution in [-0.2, 0) is 5.41 Å². The number of aromatic nitrogens is 4. The molecular weight excluding hydrogens is 338 g/mol. The van der Waals surface area contributed by atoms with Crippen molar-refractivity contribution in [3.63, 3.8) is 0 Å². The summed E-state index contributed by atoms with van der Waals surface area (Å²) in [6, 6.07) is 11.7. The Morgan fingerprint density at radius 2 is 1.89 bits per heavy atom. The van der Waals surface area contributed by atoms with Gasteiger partial charge in [-0.25, -0.2) is 9.97 Å². The second kappa shape index (κ2) is 6.39. The van der Waals surface area contributed by atoms with Gasteiger partial charge in [-0.15, -0.1) is 0 Å². The van der Waals surface area contributed by atoms with Gasteiger partial charge in [-0.05, 0) is 29.2 Å². The number of anilines is 1. The Hall–Kier alpha value is -3.41. The lowest BCUT2D eigenvalue weighted by Crippen LogP contribution is -2.19. The Kier molecular flexibility index (Phi) is 4.03. The number of hydrogen-bond acceptors (Lipinski definition) is 2. The molecule has 6 heteroatoms. The van der Waals surface area contributed by atoms with Crippen LogP contribution in [0, 0.1) is 0 Å². The molecule has 27 heavy (non-hydrogen) atoms. The first-order valence-corrected chi connectivity index (χ1v) is 8.84. The molecule has 0 fully saturated rings. The summed E-state index contributed by atoms with van der Waals surface area (Å²) in [4.78, 5) is 19.8. The van der Waals surface area contributed by atoms with E-state index in [1.807, 2.05) is 64.0 Å². The van der Waals surface area contributed by atoms with Crippen molar-refractivity contribution in [3.8, 4) is 5.69 Å². The molecule has 0 saturated heterocycles. The fourth-order valence-corrected chi connectivity index (χ4v) is 2.97. The van der Waals surface area contributed by atoms with Gasteiger partial charge in [-0.3, -0.25) is 10.1 Å². The van der Waals surface area contributed by atoms with E-state index in [0.29, 0.717) is 11.4 Å². The minimum absolute atomic E-state index is 0.0652. The van der Waals surface area contributed by atoms with Crippen molar-refractivity contribution in [2.45, 2.75) is 26.2 Å². The molecule has 4 aromatic rings. The number of nitrogens with one attached hydrogen (secondary N) is 2. The van der Waals surface area contributed by atoms with E-state index >= 15 is 0 Å². The van der Waals surface area contributed by atoms with Crippen molar-refractivity contribution in [2.24, 2.45) is 0 Å². The molecule has 0 aliphatic carbocycles. The first kappa shape index (κ1) is 17.0. The van der Waals surface area contributed by atoms with E-state index in [9.17, 15) is 4.79 Å². The zero-order chi connectivity index (χ0) is 19.0. The van der Waals surface area contributed by atoms with Crippen LogP contribution in [-0.4, -0.2) is 20.4 Å². The van der Waals surface area contributed by atoms with E-state index in [-0.39, 0.29) is 11.3 Å². The van der Waals surface area contributed by atoms with Crippen molar-refractivity contribution in [1.29, 1.82) is 0 Å². The predicted molar refractivity (Wildman–Crippen MR) is 104 cm³/mol. The lowest BCUT2D eigenvalue weighted by molar-refractivity contribution is -0.509. The van der Waals surface area contributed by atoms with Gasteiger partial charge >= 0.3 is 0 Å². The van der Waals surface area contributed by atoms with E-state index in [0.717, 1.165) is 11.3 Å². The van der Waals surface area contributed by atoms with Crippen LogP contribution in [0.5, 0.6) is 0 Å². The molecular formula is C21H22N5O+. The maximum Gasteiger partial charge on any atom is 0.285 e. The summed E-state index contributed by atoms with van der Waals surface area (Å²) in [6.45, 7) is 6.46. The Bertz CT molecular complexity index is 1090. The van der Waals surface area contributed by atoms with Crippen LogP contribution in [0.2, 0.25) is 0 Å². The van der Waals surface area contributed by atoms with Crippen molar-refractivity contribution in [3.05, 3.63) is 78.6 Å². The van der Waals surface area contributed by atoms with Gasteiger partial charge in [0.2, 0.25) is 5.82 Å². The molecule has 1 amide bonds. The molecule has 3 aromatic heterocycles. The first-order valence-electron chi connectivity index (χ1n) is 8.84. The third kappa shape index (κ3) is 3.46. The Balaban J connectivity index is 1.55. The number of imidazole rings is 2. The van der Waals surface area contributed by atoms with Crippen molar-refractivity contribution in [2.75, 3.05) is 5.32 Å². The number of amides is 1. The average Bonchev–Trinajstić information content (AvgIpc) is 3.29. The van der Waals surface area contributed by atoms with Crippen LogP contribution in [0.1, 0.15) is 36.7 Å². The maximum atomic E-state index is 12.6.